The van der Waals surface area contributed by atoms with Gasteiger partial charge in [0.2, 0.25) is 0 Å². The van der Waals surface area contributed by atoms with Crippen molar-refractivity contribution in [3.05, 3.63) is 94.0 Å². The zero-order valence-corrected chi connectivity index (χ0v) is 20.9. The Balaban J connectivity index is 1.88. The Bertz CT molecular complexity index is 1340. The van der Waals surface area contributed by atoms with Crippen molar-refractivity contribution in [2.75, 3.05) is 6.61 Å². The second-order valence-electron chi connectivity index (χ2n) is 9.12. The Labute approximate surface area is 209 Å². The number of fused-ring (bicyclic) bond motifs is 1. The molecule has 0 heterocycles. The van der Waals surface area contributed by atoms with Crippen molar-refractivity contribution < 1.29 is 14.6 Å². The molecule has 4 aromatic carbocycles. The number of benzene rings is 4. The summed E-state index contributed by atoms with van der Waals surface area (Å²) in [5.41, 5.74) is 5.99. The molecule has 4 rings (SSSR count). The van der Waals surface area contributed by atoms with Crippen molar-refractivity contribution in [1.82, 2.24) is 0 Å². The Hall–Kier alpha value is -2.85. The molecule has 0 unspecified atom stereocenters. The summed E-state index contributed by atoms with van der Waals surface area (Å²) in [6, 6.07) is 24.3. The van der Waals surface area contributed by atoms with Crippen molar-refractivity contribution in [2.45, 2.75) is 32.8 Å². The van der Waals surface area contributed by atoms with Crippen LogP contribution >= 0.6 is 23.2 Å². The van der Waals surface area contributed by atoms with E-state index in [1.165, 1.54) is 0 Å². The third-order valence-corrected chi connectivity index (χ3v) is 6.47. The molecule has 0 atom stereocenters. The Morgan fingerprint density at radius 3 is 2.00 bits per heavy atom. The highest BCUT2D eigenvalue weighted by molar-refractivity contribution is 6.31. The lowest BCUT2D eigenvalue weighted by Crippen LogP contribution is -2.30. The van der Waals surface area contributed by atoms with Crippen LogP contribution in [0.5, 0.6) is 0 Å². The molecule has 0 aliphatic carbocycles. The molecular formula is C29H26Cl2O3. The number of hydrogen-bond acceptors (Lipinski definition) is 2. The van der Waals surface area contributed by atoms with Crippen molar-refractivity contribution in [1.29, 1.82) is 0 Å². The summed E-state index contributed by atoms with van der Waals surface area (Å²) in [5, 5.41) is 12.7. The lowest BCUT2D eigenvalue weighted by Gasteiger charge is -2.28. The van der Waals surface area contributed by atoms with Gasteiger partial charge in [0.05, 0.1) is 5.60 Å². The first-order valence-corrected chi connectivity index (χ1v) is 11.8. The van der Waals surface area contributed by atoms with Gasteiger partial charge < -0.3 is 9.84 Å². The van der Waals surface area contributed by atoms with E-state index in [-0.39, 0.29) is 6.61 Å². The van der Waals surface area contributed by atoms with Crippen LogP contribution in [-0.4, -0.2) is 23.3 Å². The van der Waals surface area contributed by atoms with Gasteiger partial charge in [-0.1, -0.05) is 65.7 Å². The number of aryl methyl sites for hydroxylation is 1. The highest BCUT2D eigenvalue weighted by atomic mass is 35.5. The smallest absolute Gasteiger partial charge is 0.329 e. The largest absolute Gasteiger partial charge is 0.480 e. The molecule has 174 valence electrons. The third kappa shape index (κ3) is 5.44. The minimum absolute atomic E-state index is 0.333. The molecule has 0 saturated carbocycles. The van der Waals surface area contributed by atoms with Crippen molar-refractivity contribution in [3.63, 3.8) is 0 Å². The van der Waals surface area contributed by atoms with Crippen LogP contribution in [0.2, 0.25) is 10.0 Å². The van der Waals surface area contributed by atoms with Gasteiger partial charge in [-0.3, -0.25) is 0 Å². The predicted molar refractivity (Wildman–Crippen MR) is 141 cm³/mol. The third-order valence-electron chi connectivity index (χ3n) is 5.97. The number of carboxylic acid groups (broad SMARTS) is 1. The van der Waals surface area contributed by atoms with Crippen LogP contribution < -0.4 is 0 Å². The minimum atomic E-state index is -0.976. The second-order valence-corrected chi connectivity index (χ2v) is 9.99. The second kappa shape index (κ2) is 9.79. The molecule has 0 fully saturated rings. The Kier molecular flexibility index (Phi) is 6.99. The first-order valence-electron chi connectivity index (χ1n) is 11.1. The van der Waals surface area contributed by atoms with E-state index < -0.39 is 11.6 Å². The fourth-order valence-electron chi connectivity index (χ4n) is 4.32. The summed E-state index contributed by atoms with van der Waals surface area (Å²) in [5.74, 6) is -0.976. The van der Waals surface area contributed by atoms with Crippen LogP contribution in [0, 0.1) is 6.92 Å². The van der Waals surface area contributed by atoms with Gasteiger partial charge in [-0.15, -0.1) is 0 Å². The molecule has 0 bridgehead atoms. The zero-order chi connectivity index (χ0) is 24.5. The highest BCUT2D eigenvalue weighted by Gasteiger charge is 2.25. The van der Waals surface area contributed by atoms with Gasteiger partial charge >= 0.3 is 5.97 Å². The number of ether oxygens (including phenoxy) is 1. The maximum absolute atomic E-state index is 11.1. The van der Waals surface area contributed by atoms with Crippen molar-refractivity contribution in [3.8, 4) is 22.3 Å². The molecule has 0 spiro atoms. The first kappa shape index (κ1) is 24.3. The van der Waals surface area contributed by atoms with Crippen LogP contribution in [0.15, 0.2) is 72.8 Å². The monoisotopic (exact) mass is 492 g/mol. The average molecular weight is 493 g/mol. The van der Waals surface area contributed by atoms with E-state index in [2.05, 4.69) is 31.2 Å². The number of rotatable bonds is 7. The molecule has 0 aliphatic rings. The van der Waals surface area contributed by atoms with E-state index in [1.54, 1.807) is 0 Å². The minimum Gasteiger partial charge on any atom is -0.480 e. The van der Waals surface area contributed by atoms with E-state index in [1.807, 2.05) is 62.4 Å². The first-order chi connectivity index (χ1) is 16.1. The van der Waals surface area contributed by atoms with Gasteiger partial charge in [0.25, 0.3) is 0 Å². The zero-order valence-electron chi connectivity index (χ0n) is 19.4. The Morgan fingerprint density at radius 2 is 1.41 bits per heavy atom. The van der Waals surface area contributed by atoms with Crippen LogP contribution in [0.25, 0.3) is 33.0 Å². The van der Waals surface area contributed by atoms with Gasteiger partial charge in [-0.05, 0) is 95.3 Å². The summed E-state index contributed by atoms with van der Waals surface area (Å²) in [6.07, 6.45) is 0.568. The predicted octanol–water partition coefficient (Wildman–Crippen LogP) is 8.21. The van der Waals surface area contributed by atoms with Crippen LogP contribution in [0.1, 0.15) is 25.0 Å². The molecule has 0 saturated heterocycles. The highest BCUT2D eigenvalue weighted by Crippen LogP contribution is 2.39. The number of hydrogen-bond donors (Lipinski definition) is 1. The number of halogens is 2. The lowest BCUT2D eigenvalue weighted by atomic mass is 9.84. The lowest BCUT2D eigenvalue weighted by molar-refractivity contribution is -0.148. The molecule has 0 aliphatic heterocycles. The van der Waals surface area contributed by atoms with E-state index in [9.17, 15) is 4.79 Å². The van der Waals surface area contributed by atoms with Crippen molar-refractivity contribution >= 4 is 39.9 Å². The van der Waals surface area contributed by atoms with Crippen LogP contribution in [-0.2, 0) is 16.0 Å². The summed E-state index contributed by atoms with van der Waals surface area (Å²) in [6.45, 7) is 5.61. The molecule has 0 radical (unpaired) electrons. The fourth-order valence-corrected chi connectivity index (χ4v) is 4.57. The number of carboxylic acids is 1. The molecule has 34 heavy (non-hydrogen) atoms. The van der Waals surface area contributed by atoms with Crippen LogP contribution in [0.3, 0.4) is 0 Å². The number of carbonyl (C=O) groups is 1. The Morgan fingerprint density at radius 1 is 0.853 bits per heavy atom. The van der Waals surface area contributed by atoms with Gasteiger partial charge in [0.15, 0.2) is 0 Å². The summed E-state index contributed by atoms with van der Waals surface area (Å²) >= 11 is 12.3. The maximum Gasteiger partial charge on any atom is 0.329 e. The molecule has 3 nitrogen and oxygen atoms in total. The van der Waals surface area contributed by atoms with E-state index in [4.69, 9.17) is 33.0 Å². The number of aliphatic carboxylic acids is 1. The quantitative estimate of drug-likeness (QED) is 0.282. The topological polar surface area (TPSA) is 46.5 Å². The normalized spacial score (nSPS) is 11.7. The molecule has 4 aromatic rings. The summed E-state index contributed by atoms with van der Waals surface area (Å²) < 4.78 is 5.73. The fraction of sp³-hybridized carbons (Fsp3) is 0.207. The molecule has 0 amide bonds. The van der Waals surface area contributed by atoms with E-state index in [0.29, 0.717) is 16.5 Å². The maximum atomic E-state index is 11.1. The molecule has 1 N–H and O–H groups in total. The van der Waals surface area contributed by atoms with Crippen molar-refractivity contribution in [2.24, 2.45) is 0 Å². The molecular weight excluding hydrogens is 467 g/mol. The van der Waals surface area contributed by atoms with Gasteiger partial charge in [0.1, 0.15) is 6.61 Å². The molecule has 0 aromatic heterocycles. The molecule has 5 heteroatoms. The summed E-state index contributed by atoms with van der Waals surface area (Å²) in [7, 11) is 0. The van der Waals surface area contributed by atoms with Crippen LogP contribution in [0.4, 0.5) is 0 Å². The van der Waals surface area contributed by atoms with E-state index >= 15 is 0 Å². The summed E-state index contributed by atoms with van der Waals surface area (Å²) in [4.78, 5) is 11.1. The average Bonchev–Trinajstić information content (AvgIpc) is 2.79. The van der Waals surface area contributed by atoms with Gasteiger partial charge in [0, 0.05) is 16.5 Å². The van der Waals surface area contributed by atoms with E-state index in [0.717, 1.165) is 44.2 Å². The van der Waals surface area contributed by atoms with Gasteiger partial charge in [-0.25, -0.2) is 4.79 Å². The SMILES string of the molecule is Cc1cc2cc(-c3ccc(Cl)cc3)ccc2c(-c2ccc(Cl)cc2)c1CC(C)(C)OCC(=O)O. The van der Waals surface area contributed by atoms with Gasteiger partial charge in [-0.2, -0.15) is 0 Å². The standard InChI is InChI=1S/C29H26Cl2O3/c1-18-14-22-15-21(19-4-9-23(30)10-5-19)8-13-25(22)28(20-6-11-24(31)12-7-20)26(18)16-29(2,3)34-17-27(32)33/h4-15H,16-17H2,1-3H3,(H,32,33).